The van der Waals surface area contributed by atoms with E-state index >= 15 is 0 Å². The molecule has 33 heavy (non-hydrogen) atoms. The maximum Gasteiger partial charge on any atom is 0.254 e. The molecule has 2 amide bonds. The van der Waals surface area contributed by atoms with E-state index in [1.165, 1.54) is 10.4 Å². The van der Waals surface area contributed by atoms with Crippen LogP contribution in [-0.4, -0.2) is 47.4 Å². The van der Waals surface area contributed by atoms with Gasteiger partial charge in [-0.15, -0.1) is 11.3 Å². The molecule has 2 heterocycles. The van der Waals surface area contributed by atoms with E-state index < -0.39 is 0 Å². The molecule has 1 aliphatic heterocycles. The Balaban J connectivity index is 1.34. The molecule has 1 fully saturated rings. The fourth-order valence-corrected chi connectivity index (χ4v) is 5.35. The van der Waals surface area contributed by atoms with Gasteiger partial charge >= 0.3 is 0 Å². The molecule has 0 radical (unpaired) electrons. The van der Waals surface area contributed by atoms with Crippen LogP contribution in [0.3, 0.4) is 0 Å². The smallest absolute Gasteiger partial charge is 0.254 e. The van der Waals surface area contributed by atoms with E-state index in [1.807, 2.05) is 66.4 Å². The van der Waals surface area contributed by atoms with Gasteiger partial charge in [-0.2, -0.15) is 0 Å². The van der Waals surface area contributed by atoms with Crippen LogP contribution in [0.1, 0.15) is 45.2 Å². The average molecular weight is 461 g/mol. The lowest BCUT2D eigenvalue weighted by molar-refractivity contribution is -0.135. The summed E-state index contributed by atoms with van der Waals surface area (Å²) in [6.07, 6.45) is 2.76. The predicted octanol–water partition coefficient (Wildman–Crippen LogP) is 4.87. The van der Waals surface area contributed by atoms with E-state index in [1.54, 1.807) is 16.2 Å². The van der Waals surface area contributed by atoms with Crippen molar-refractivity contribution in [2.24, 2.45) is 0 Å². The topological polar surface area (TPSA) is 49.9 Å². The second-order valence-corrected chi connectivity index (χ2v) is 9.81. The van der Waals surface area contributed by atoms with Crippen LogP contribution in [0.2, 0.25) is 0 Å². The Morgan fingerprint density at radius 3 is 2.55 bits per heavy atom. The van der Waals surface area contributed by atoms with Crippen molar-refractivity contribution < 1.29 is 14.3 Å². The summed E-state index contributed by atoms with van der Waals surface area (Å²) < 4.78 is 6.08. The number of rotatable bonds is 7. The Bertz CT molecular complexity index is 1120. The maximum atomic E-state index is 13.6. The van der Waals surface area contributed by atoms with Crippen LogP contribution in [0, 0.1) is 6.92 Å². The number of para-hydroxylation sites is 1. The molecule has 0 bridgehead atoms. The minimum absolute atomic E-state index is 0.0131. The molecule has 0 saturated heterocycles. The van der Waals surface area contributed by atoms with Gasteiger partial charge in [-0.05, 0) is 67.5 Å². The Morgan fingerprint density at radius 2 is 1.82 bits per heavy atom. The number of amides is 2. The van der Waals surface area contributed by atoms with Crippen molar-refractivity contribution >= 4 is 23.2 Å². The number of hydrogen-bond acceptors (Lipinski definition) is 4. The minimum atomic E-state index is -0.150. The lowest BCUT2D eigenvalue weighted by Crippen LogP contribution is -2.48. The summed E-state index contributed by atoms with van der Waals surface area (Å²) in [5.41, 5.74) is 2.92. The maximum absolute atomic E-state index is 13.6. The molecule has 1 atom stereocenters. The van der Waals surface area contributed by atoms with Gasteiger partial charge in [0.15, 0.2) is 0 Å². The Morgan fingerprint density at radius 1 is 1.06 bits per heavy atom. The number of benzene rings is 2. The van der Waals surface area contributed by atoms with Crippen LogP contribution >= 0.6 is 11.3 Å². The van der Waals surface area contributed by atoms with Gasteiger partial charge in [0.05, 0.1) is 6.04 Å². The zero-order valence-electron chi connectivity index (χ0n) is 18.8. The summed E-state index contributed by atoms with van der Waals surface area (Å²) in [5, 5.41) is 2.09. The second-order valence-electron chi connectivity index (χ2n) is 8.81. The van der Waals surface area contributed by atoms with Crippen LogP contribution in [0.25, 0.3) is 0 Å². The molecule has 1 saturated carbocycles. The third-order valence-electron chi connectivity index (χ3n) is 6.42. The van der Waals surface area contributed by atoms with Crippen molar-refractivity contribution in [1.82, 2.24) is 9.80 Å². The first-order valence-electron chi connectivity index (χ1n) is 11.5. The first kappa shape index (κ1) is 21.7. The quantitative estimate of drug-likeness (QED) is 0.506. The van der Waals surface area contributed by atoms with E-state index in [0.29, 0.717) is 18.7 Å². The van der Waals surface area contributed by atoms with E-state index in [0.717, 1.165) is 30.6 Å². The molecule has 5 nitrogen and oxygen atoms in total. The Hall–Kier alpha value is -3.12. The van der Waals surface area contributed by atoms with Crippen LogP contribution in [0.5, 0.6) is 5.75 Å². The molecule has 1 aliphatic carbocycles. The molecular formula is C27H28N2O3S. The van der Waals surface area contributed by atoms with Crippen molar-refractivity contribution in [3.05, 3.63) is 87.6 Å². The van der Waals surface area contributed by atoms with Gasteiger partial charge in [0, 0.05) is 23.0 Å². The molecule has 3 aromatic rings. The van der Waals surface area contributed by atoms with Crippen molar-refractivity contribution in [3.8, 4) is 5.75 Å². The van der Waals surface area contributed by atoms with Crippen LogP contribution in [0.4, 0.5) is 0 Å². The SMILES string of the molecule is Cc1ccc(C(=O)N(CC(=O)N2CCc3sccc3[C@H]2COc2ccccc2)C2CC2)cc1. The third-order valence-corrected chi connectivity index (χ3v) is 7.42. The zero-order chi connectivity index (χ0) is 22.8. The number of carbonyl (C=O) groups is 2. The summed E-state index contributed by atoms with van der Waals surface area (Å²) in [6, 6.07) is 19.4. The summed E-state index contributed by atoms with van der Waals surface area (Å²) in [6.45, 7) is 3.16. The van der Waals surface area contributed by atoms with E-state index in [4.69, 9.17) is 4.74 Å². The molecular weight excluding hydrogens is 432 g/mol. The van der Waals surface area contributed by atoms with Crippen molar-refractivity contribution in [1.29, 1.82) is 0 Å². The number of thiophene rings is 1. The Labute approximate surface area is 198 Å². The normalized spacial score (nSPS) is 17.4. The number of fused-ring (bicyclic) bond motifs is 1. The first-order valence-corrected chi connectivity index (χ1v) is 12.4. The summed E-state index contributed by atoms with van der Waals surface area (Å²) >= 11 is 1.74. The molecule has 6 heteroatoms. The number of ether oxygens (including phenoxy) is 1. The summed E-state index contributed by atoms with van der Waals surface area (Å²) in [5.74, 6) is 0.721. The van der Waals surface area contributed by atoms with E-state index in [-0.39, 0.29) is 30.4 Å². The van der Waals surface area contributed by atoms with Crippen LogP contribution < -0.4 is 4.74 Å². The molecule has 0 unspecified atom stereocenters. The second kappa shape index (κ2) is 9.40. The van der Waals surface area contributed by atoms with Gasteiger partial charge in [0.25, 0.3) is 5.91 Å². The van der Waals surface area contributed by atoms with E-state index in [9.17, 15) is 9.59 Å². The highest BCUT2D eigenvalue weighted by atomic mass is 32.1. The number of carbonyl (C=O) groups excluding carboxylic acids is 2. The molecule has 170 valence electrons. The van der Waals surface area contributed by atoms with Gasteiger partial charge in [-0.3, -0.25) is 9.59 Å². The van der Waals surface area contributed by atoms with Gasteiger partial charge in [-0.25, -0.2) is 0 Å². The van der Waals surface area contributed by atoms with Crippen molar-refractivity contribution in [3.63, 3.8) is 0 Å². The highest BCUT2D eigenvalue weighted by Gasteiger charge is 2.38. The summed E-state index contributed by atoms with van der Waals surface area (Å²) in [7, 11) is 0. The zero-order valence-corrected chi connectivity index (χ0v) is 19.6. The lowest BCUT2D eigenvalue weighted by atomic mass is 10.0. The fourth-order valence-electron chi connectivity index (χ4n) is 4.42. The number of aryl methyl sites for hydroxylation is 1. The largest absolute Gasteiger partial charge is 0.491 e. The minimum Gasteiger partial charge on any atom is -0.491 e. The van der Waals surface area contributed by atoms with Gasteiger partial charge in [0.1, 0.15) is 18.9 Å². The molecule has 1 aromatic heterocycles. The highest BCUT2D eigenvalue weighted by molar-refractivity contribution is 7.10. The van der Waals surface area contributed by atoms with Crippen molar-refractivity contribution in [2.75, 3.05) is 19.7 Å². The fraction of sp³-hybridized carbons (Fsp3) is 0.333. The molecule has 2 aliphatic rings. The van der Waals surface area contributed by atoms with Crippen LogP contribution in [0.15, 0.2) is 66.0 Å². The van der Waals surface area contributed by atoms with Gasteiger partial charge in [0.2, 0.25) is 5.91 Å². The highest BCUT2D eigenvalue weighted by Crippen LogP contribution is 2.35. The standard InChI is InChI=1S/C27H28N2O3S/c1-19-7-9-20(10-8-19)27(31)29(21-11-12-21)17-26(30)28-15-13-25-23(14-16-33-25)24(28)18-32-22-5-3-2-4-6-22/h2-10,14,16,21,24H,11-13,15,17-18H2,1H3/t24-/m1/s1. The monoisotopic (exact) mass is 460 g/mol. The summed E-state index contributed by atoms with van der Waals surface area (Å²) in [4.78, 5) is 31.8. The lowest BCUT2D eigenvalue weighted by Gasteiger charge is -2.37. The van der Waals surface area contributed by atoms with E-state index in [2.05, 4.69) is 11.4 Å². The predicted molar refractivity (Wildman–Crippen MR) is 130 cm³/mol. The van der Waals surface area contributed by atoms with Crippen LogP contribution in [-0.2, 0) is 11.2 Å². The third kappa shape index (κ3) is 4.81. The molecule has 0 spiro atoms. The Kier molecular flexibility index (Phi) is 6.18. The molecule has 0 N–H and O–H groups in total. The van der Waals surface area contributed by atoms with Gasteiger partial charge < -0.3 is 14.5 Å². The average Bonchev–Trinajstić information content (AvgIpc) is 3.57. The first-order chi connectivity index (χ1) is 16.1. The number of nitrogens with zero attached hydrogens (tertiary/aromatic N) is 2. The number of hydrogen-bond donors (Lipinski definition) is 0. The molecule has 2 aromatic carbocycles. The molecule has 5 rings (SSSR count). The van der Waals surface area contributed by atoms with Crippen molar-refractivity contribution in [2.45, 2.75) is 38.3 Å². The van der Waals surface area contributed by atoms with Gasteiger partial charge in [-0.1, -0.05) is 35.9 Å².